The van der Waals surface area contributed by atoms with Gasteiger partial charge in [0.15, 0.2) is 0 Å². The lowest BCUT2D eigenvalue weighted by molar-refractivity contribution is -0.131. The van der Waals surface area contributed by atoms with Crippen LogP contribution in [0.4, 0.5) is 4.79 Å². The van der Waals surface area contributed by atoms with Crippen molar-refractivity contribution in [2.24, 2.45) is 0 Å². The van der Waals surface area contributed by atoms with Crippen LogP contribution in [-0.2, 0) is 19.6 Å². The van der Waals surface area contributed by atoms with Crippen molar-refractivity contribution in [3.05, 3.63) is 24.3 Å². The number of sulfonamides is 1. The third-order valence-corrected chi connectivity index (χ3v) is 7.02. The summed E-state index contributed by atoms with van der Waals surface area (Å²) in [5.41, 5.74) is -0.860. The molecule has 2 aliphatic rings. The zero-order valence-corrected chi connectivity index (χ0v) is 17.5. The minimum absolute atomic E-state index is 0.122. The maximum Gasteiger partial charge on any atom is 0.325 e. The number of morpholine rings is 1. The number of ether oxygens (including phenoxy) is 2. The average molecular weight is 426 g/mol. The summed E-state index contributed by atoms with van der Waals surface area (Å²) in [5.74, 6) is 0.217. The number of hydrogen-bond acceptors (Lipinski definition) is 6. The molecule has 10 heteroatoms. The molecule has 0 aromatic heterocycles. The lowest BCUT2D eigenvalue weighted by Gasteiger charge is -2.26. The molecule has 3 amide bonds. The summed E-state index contributed by atoms with van der Waals surface area (Å²) < 4.78 is 37.4. The monoisotopic (exact) mass is 425 g/mol. The van der Waals surface area contributed by atoms with Gasteiger partial charge in [0.25, 0.3) is 5.91 Å². The lowest BCUT2D eigenvalue weighted by atomic mass is 9.96. The SMILES string of the molecule is CCC[C@@]1(C)NC(=O)N(CCOc2ccc(S(=O)(=O)N3CCOCC3)cc2)C1=O. The molecule has 0 unspecified atom stereocenters. The topological polar surface area (TPSA) is 105 Å². The van der Waals surface area contributed by atoms with Crippen molar-refractivity contribution in [2.75, 3.05) is 39.5 Å². The molecule has 2 heterocycles. The number of urea groups is 1. The van der Waals surface area contributed by atoms with Crippen LogP contribution in [0.3, 0.4) is 0 Å². The fourth-order valence-corrected chi connectivity index (χ4v) is 4.93. The number of carbonyl (C=O) groups excluding carboxylic acids is 2. The highest BCUT2D eigenvalue weighted by atomic mass is 32.2. The smallest absolute Gasteiger partial charge is 0.325 e. The summed E-state index contributed by atoms with van der Waals surface area (Å²) in [6.45, 7) is 5.38. The Labute approximate surface area is 171 Å². The Morgan fingerprint density at radius 1 is 1.17 bits per heavy atom. The zero-order chi connectivity index (χ0) is 21.1. The normalized spacial score (nSPS) is 23.3. The summed E-state index contributed by atoms with van der Waals surface area (Å²) >= 11 is 0. The van der Waals surface area contributed by atoms with Gasteiger partial charge in [0.1, 0.15) is 17.9 Å². The summed E-state index contributed by atoms with van der Waals surface area (Å²) in [7, 11) is -3.55. The van der Waals surface area contributed by atoms with E-state index >= 15 is 0 Å². The molecule has 2 fully saturated rings. The van der Waals surface area contributed by atoms with Crippen molar-refractivity contribution in [1.29, 1.82) is 0 Å². The fourth-order valence-electron chi connectivity index (χ4n) is 3.52. The Kier molecular flexibility index (Phi) is 6.45. The van der Waals surface area contributed by atoms with Crippen LogP contribution in [0.2, 0.25) is 0 Å². The van der Waals surface area contributed by atoms with Crippen LogP contribution in [0.5, 0.6) is 5.75 Å². The molecule has 3 rings (SSSR count). The Bertz CT molecular complexity index is 851. The number of nitrogens with zero attached hydrogens (tertiary/aromatic N) is 2. The van der Waals surface area contributed by atoms with E-state index in [4.69, 9.17) is 9.47 Å². The quantitative estimate of drug-likeness (QED) is 0.628. The standard InChI is InChI=1S/C19H27N3O6S/c1-3-8-19(2)17(23)22(18(24)20-19)11-14-28-15-4-6-16(7-5-15)29(25,26)21-9-12-27-13-10-21/h4-7H,3,8-14H2,1-2H3,(H,20,24)/t19-/m1/s1. The van der Waals surface area contributed by atoms with Crippen molar-refractivity contribution >= 4 is 22.0 Å². The molecule has 1 aromatic carbocycles. The number of rotatable bonds is 8. The first-order chi connectivity index (χ1) is 13.8. The van der Waals surface area contributed by atoms with Gasteiger partial charge in [0.2, 0.25) is 10.0 Å². The van der Waals surface area contributed by atoms with E-state index in [9.17, 15) is 18.0 Å². The molecule has 0 spiro atoms. The molecule has 1 atom stereocenters. The maximum absolute atomic E-state index is 12.6. The largest absolute Gasteiger partial charge is 0.492 e. The number of nitrogens with one attached hydrogen (secondary N) is 1. The second kappa shape index (κ2) is 8.68. The van der Waals surface area contributed by atoms with Crippen LogP contribution in [0.15, 0.2) is 29.2 Å². The molecule has 0 radical (unpaired) electrons. The Morgan fingerprint density at radius 3 is 2.45 bits per heavy atom. The number of carbonyl (C=O) groups is 2. The van der Waals surface area contributed by atoms with Crippen molar-refractivity contribution in [3.63, 3.8) is 0 Å². The second-order valence-corrected chi connectivity index (χ2v) is 9.24. The fraction of sp³-hybridized carbons (Fsp3) is 0.579. The molecule has 0 saturated carbocycles. The average Bonchev–Trinajstić information content (AvgIpc) is 2.92. The molecular formula is C19H27N3O6S. The summed E-state index contributed by atoms with van der Waals surface area (Å²) in [4.78, 5) is 25.9. The second-order valence-electron chi connectivity index (χ2n) is 7.31. The van der Waals surface area contributed by atoms with Gasteiger partial charge in [-0.05, 0) is 37.6 Å². The Balaban J connectivity index is 1.56. The van der Waals surface area contributed by atoms with Crippen molar-refractivity contribution in [3.8, 4) is 5.75 Å². The van der Waals surface area contributed by atoms with Gasteiger partial charge in [-0.25, -0.2) is 13.2 Å². The van der Waals surface area contributed by atoms with E-state index in [0.717, 1.165) is 11.3 Å². The molecular weight excluding hydrogens is 398 g/mol. The van der Waals surface area contributed by atoms with Gasteiger partial charge < -0.3 is 14.8 Å². The highest BCUT2D eigenvalue weighted by Crippen LogP contribution is 2.23. The van der Waals surface area contributed by atoms with E-state index in [1.165, 1.54) is 16.4 Å². The van der Waals surface area contributed by atoms with Crippen LogP contribution < -0.4 is 10.1 Å². The third kappa shape index (κ3) is 4.54. The molecule has 29 heavy (non-hydrogen) atoms. The van der Waals surface area contributed by atoms with Gasteiger partial charge >= 0.3 is 6.03 Å². The maximum atomic E-state index is 12.6. The van der Waals surface area contributed by atoms with Crippen LogP contribution in [0.25, 0.3) is 0 Å². The third-order valence-electron chi connectivity index (χ3n) is 5.11. The first-order valence-corrected chi connectivity index (χ1v) is 11.2. The van der Waals surface area contributed by atoms with E-state index in [0.29, 0.717) is 38.5 Å². The Hall–Kier alpha value is -2.17. The van der Waals surface area contributed by atoms with Crippen LogP contribution in [0.1, 0.15) is 26.7 Å². The molecule has 2 aliphatic heterocycles. The van der Waals surface area contributed by atoms with Gasteiger partial charge in [-0.3, -0.25) is 9.69 Å². The van der Waals surface area contributed by atoms with Gasteiger partial charge in [-0.1, -0.05) is 13.3 Å². The minimum Gasteiger partial charge on any atom is -0.492 e. The van der Waals surface area contributed by atoms with Crippen LogP contribution in [-0.4, -0.2) is 74.6 Å². The highest BCUT2D eigenvalue weighted by molar-refractivity contribution is 7.89. The molecule has 160 valence electrons. The van der Waals surface area contributed by atoms with Gasteiger partial charge in [-0.15, -0.1) is 0 Å². The minimum atomic E-state index is -3.55. The number of amides is 3. The molecule has 2 saturated heterocycles. The van der Waals surface area contributed by atoms with E-state index in [1.807, 2.05) is 6.92 Å². The first kappa shape index (κ1) is 21.5. The van der Waals surface area contributed by atoms with Gasteiger partial charge in [0.05, 0.1) is 24.7 Å². The number of benzene rings is 1. The van der Waals surface area contributed by atoms with Crippen molar-refractivity contribution in [1.82, 2.24) is 14.5 Å². The molecule has 9 nitrogen and oxygen atoms in total. The predicted octanol–water partition coefficient (Wildman–Crippen LogP) is 1.20. The van der Waals surface area contributed by atoms with Crippen molar-refractivity contribution in [2.45, 2.75) is 37.1 Å². The van der Waals surface area contributed by atoms with E-state index in [-0.39, 0.29) is 24.0 Å². The highest BCUT2D eigenvalue weighted by Gasteiger charge is 2.46. The predicted molar refractivity (Wildman–Crippen MR) is 105 cm³/mol. The zero-order valence-electron chi connectivity index (χ0n) is 16.7. The van der Waals surface area contributed by atoms with Crippen LogP contribution in [0, 0.1) is 0 Å². The van der Waals surface area contributed by atoms with E-state index < -0.39 is 21.6 Å². The summed E-state index contributed by atoms with van der Waals surface area (Å²) in [6, 6.07) is 5.71. The first-order valence-electron chi connectivity index (χ1n) is 9.73. The molecule has 1 aromatic rings. The molecule has 0 aliphatic carbocycles. The molecule has 0 bridgehead atoms. The van der Waals surface area contributed by atoms with Gasteiger partial charge in [-0.2, -0.15) is 4.31 Å². The van der Waals surface area contributed by atoms with Crippen LogP contribution >= 0.6 is 0 Å². The number of hydrogen-bond donors (Lipinski definition) is 1. The Morgan fingerprint density at radius 2 is 1.83 bits per heavy atom. The summed E-state index contributed by atoms with van der Waals surface area (Å²) in [5, 5.41) is 2.74. The number of imide groups is 1. The van der Waals surface area contributed by atoms with E-state index in [2.05, 4.69) is 5.32 Å². The van der Waals surface area contributed by atoms with E-state index in [1.54, 1.807) is 19.1 Å². The summed E-state index contributed by atoms with van der Waals surface area (Å²) in [6.07, 6.45) is 1.36. The van der Waals surface area contributed by atoms with Gasteiger partial charge in [0, 0.05) is 13.1 Å². The lowest BCUT2D eigenvalue weighted by Crippen LogP contribution is -2.44. The van der Waals surface area contributed by atoms with Crippen molar-refractivity contribution < 1.29 is 27.5 Å². The molecule has 1 N–H and O–H groups in total.